The number of halogens is 4. The number of aliphatic hydroxyl groups excluding tert-OH is 1. The SMILES string of the molecule is OC(CN1CCN(c2ccc(F)cc2)CC1)c1ccc(C(F)(F)F)cc1. The molecule has 0 radical (unpaired) electrons. The average Bonchev–Trinajstić information content (AvgIpc) is 2.62. The lowest BCUT2D eigenvalue weighted by Crippen LogP contribution is -2.47. The maximum Gasteiger partial charge on any atom is 0.416 e. The summed E-state index contributed by atoms with van der Waals surface area (Å²) in [6.45, 7) is 3.28. The molecule has 0 spiro atoms. The van der Waals surface area contributed by atoms with E-state index in [1.165, 1.54) is 24.3 Å². The van der Waals surface area contributed by atoms with Gasteiger partial charge in [-0.25, -0.2) is 4.39 Å². The zero-order chi connectivity index (χ0) is 18.7. The van der Waals surface area contributed by atoms with Crippen LogP contribution in [0.1, 0.15) is 17.2 Å². The van der Waals surface area contributed by atoms with Crippen LogP contribution in [0.15, 0.2) is 48.5 Å². The van der Waals surface area contributed by atoms with Crippen molar-refractivity contribution in [3.8, 4) is 0 Å². The standard InChI is InChI=1S/C19H20F4N2O/c20-16-5-7-17(8-6-16)25-11-9-24(10-12-25)13-18(26)14-1-3-15(4-2-14)19(21,22)23/h1-8,18,26H,9-13H2. The molecule has 0 saturated carbocycles. The van der Waals surface area contributed by atoms with Gasteiger partial charge in [-0.2, -0.15) is 13.2 Å². The number of alkyl halides is 3. The molecule has 140 valence electrons. The zero-order valence-corrected chi connectivity index (χ0v) is 14.1. The summed E-state index contributed by atoms with van der Waals surface area (Å²) in [6, 6.07) is 11.0. The van der Waals surface area contributed by atoms with Crippen molar-refractivity contribution in [2.45, 2.75) is 12.3 Å². The third-order valence-corrected chi connectivity index (χ3v) is 4.62. The first-order valence-electron chi connectivity index (χ1n) is 8.41. The van der Waals surface area contributed by atoms with Crippen molar-refractivity contribution in [1.82, 2.24) is 4.90 Å². The van der Waals surface area contributed by atoms with E-state index in [1.807, 2.05) is 0 Å². The number of aliphatic hydroxyl groups is 1. The zero-order valence-electron chi connectivity index (χ0n) is 14.1. The van der Waals surface area contributed by atoms with E-state index in [4.69, 9.17) is 0 Å². The quantitative estimate of drug-likeness (QED) is 0.834. The molecular weight excluding hydrogens is 348 g/mol. The summed E-state index contributed by atoms with van der Waals surface area (Å²) in [5.74, 6) is -0.271. The van der Waals surface area contributed by atoms with Crippen LogP contribution >= 0.6 is 0 Å². The molecule has 0 amide bonds. The van der Waals surface area contributed by atoms with Crippen LogP contribution in [-0.4, -0.2) is 42.7 Å². The molecule has 0 aromatic heterocycles. The molecule has 1 fully saturated rings. The van der Waals surface area contributed by atoms with Gasteiger partial charge in [-0.05, 0) is 42.0 Å². The van der Waals surface area contributed by atoms with Crippen LogP contribution in [0.2, 0.25) is 0 Å². The maximum atomic E-state index is 13.0. The topological polar surface area (TPSA) is 26.7 Å². The van der Waals surface area contributed by atoms with Crippen molar-refractivity contribution in [1.29, 1.82) is 0 Å². The smallest absolute Gasteiger partial charge is 0.387 e. The minimum absolute atomic E-state index is 0.271. The molecule has 1 saturated heterocycles. The van der Waals surface area contributed by atoms with Gasteiger partial charge in [0.15, 0.2) is 0 Å². The van der Waals surface area contributed by atoms with Crippen molar-refractivity contribution < 1.29 is 22.7 Å². The lowest BCUT2D eigenvalue weighted by atomic mass is 10.1. The highest BCUT2D eigenvalue weighted by Gasteiger charge is 2.30. The van der Waals surface area contributed by atoms with Gasteiger partial charge in [0.05, 0.1) is 11.7 Å². The van der Waals surface area contributed by atoms with E-state index in [1.54, 1.807) is 12.1 Å². The molecule has 1 unspecified atom stereocenters. The lowest BCUT2D eigenvalue weighted by Gasteiger charge is -2.37. The Morgan fingerprint density at radius 2 is 1.46 bits per heavy atom. The highest BCUT2D eigenvalue weighted by Crippen LogP contribution is 2.30. The fourth-order valence-corrected chi connectivity index (χ4v) is 3.08. The highest BCUT2D eigenvalue weighted by atomic mass is 19.4. The van der Waals surface area contributed by atoms with Crippen LogP contribution in [0.25, 0.3) is 0 Å². The molecule has 0 bridgehead atoms. The van der Waals surface area contributed by atoms with E-state index in [-0.39, 0.29) is 5.82 Å². The van der Waals surface area contributed by atoms with E-state index in [0.29, 0.717) is 12.1 Å². The van der Waals surface area contributed by atoms with Crippen molar-refractivity contribution in [3.63, 3.8) is 0 Å². The molecule has 2 aromatic carbocycles. The van der Waals surface area contributed by atoms with E-state index in [2.05, 4.69) is 9.80 Å². The first-order chi connectivity index (χ1) is 12.3. The number of hydrogen-bond donors (Lipinski definition) is 1. The Labute approximate surface area is 149 Å². The van der Waals surface area contributed by atoms with E-state index in [9.17, 15) is 22.7 Å². The summed E-state index contributed by atoms with van der Waals surface area (Å²) in [4.78, 5) is 4.21. The molecule has 1 aliphatic heterocycles. The van der Waals surface area contributed by atoms with Gasteiger partial charge in [0.2, 0.25) is 0 Å². The summed E-state index contributed by atoms with van der Waals surface area (Å²) in [5.41, 5.74) is 0.703. The highest BCUT2D eigenvalue weighted by molar-refractivity contribution is 5.46. The summed E-state index contributed by atoms with van der Waals surface area (Å²) in [5, 5.41) is 10.3. The van der Waals surface area contributed by atoms with Crippen molar-refractivity contribution >= 4 is 5.69 Å². The second-order valence-corrected chi connectivity index (χ2v) is 6.40. The molecule has 1 heterocycles. The van der Waals surface area contributed by atoms with Crippen molar-refractivity contribution in [2.75, 3.05) is 37.6 Å². The Bertz CT molecular complexity index is 708. The molecule has 1 aliphatic rings. The maximum absolute atomic E-state index is 13.0. The van der Waals surface area contributed by atoms with Crippen LogP contribution in [0.5, 0.6) is 0 Å². The van der Waals surface area contributed by atoms with Crippen molar-refractivity contribution in [3.05, 3.63) is 65.5 Å². The molecular formula is C19H20F4N2O. The summed E-state index contributed by atoms with van der Waals surface area (Å²) in [7, 11) is 0. The Morgan fingerprint density at radius 3 is 2.00 bits per heavy atom. The fraction of sp³-hybridized carbons (Fsp3) is 0.368. The van der Waals surface area contributed by atoms with Gasteiger partial charge >= 0.3 is 6.18 Å². The lowest BCUT2D eigenvalue weighted by molar-refractivity contribution is -0.137. The van der Waals surface area contributed by atoms with Gasteiger partial charge < -0.3 is 10.0 Å². The first-order valence-corrected chi connectivity index (χ1v) is 8.41. The minimum Gasteiger partial charge on any atom is -0.387 e. The fourth-order valence-electron chi connectivity index (χ4n) is 3.08. The molecule has 0 aliphatic carbocycles. The predicted octanol–water partition coefficient (Wildman–Crippen LogP) is 3.70. The Balaban J connectivity index is 1.53. The number of benzene rings is 2. The van der Waals surface area contributed by atoms with Crippen LogP contribution in [0, 0.1) is 5.82 Å². The summed E-state index contributed by atoms with van der Waals surface area (Å²) < 4.78 is 50.8. The normalized spacial score (nSPS) is 17.3. The van der Waals surface area contributed by atoms with E-state index < -0.39 is 17.8 Å². The molecule has 7 heteroatoms. The van der Waals surface area contributed by atoms with Crippen molar-refractivity contribution in [2.24, 2.45) is 0 Å². The molecule has 26 heavy (non-hydrogen) atoms. The third kappa shape index (κ3) is 4.53. The second kappa shape index (κ2) is 7.63. The van der Waals surface area contributed by atoms with Crippen LogP contribution < -0.4 is 4.90 Å². The second-order valence-electron chi connectivity index (χ2n) is 6.40. The largest absolute Gasteiger partial charge is 0.416 e. The van der Waals surface area contributed by atoms with Gasteiger partial charge in [0.1, 0.15) is 5.82 Å². The third-order valence-electron chi connectivity index (χ3n) is 4.62. The molecule has 1 atom stereocenters. The first kappa shape index (κ1) is 18.7. The predicted molar refractivity (Wildman–Crippen MR) is 91.5 cm³/mol. The Hall–Kier alpha value is -2.12. The Kier molecular flexibility index (Phi) is 5.48. The van der Waals surface area contributed by atoms with E-state index in [0.717, 1.165) is 44.0 Å². The molecule has 3 rings (SSSR count). The number of hydrogen-bond acceptors (Lipinski definition) is 3. The van der Waals surface area contributed by atoms with Gasteiger partial charge in [0, 0.05) is 38.4 Å². The van der Waals surface area contributed by atoms with Gasteiger partial charge in [-0.15, -0.1) is 0 Å². The van der Waals surface area contributed by atoms with E-state index >= 15 is 0 Å². The molecule has 1 N–H and O–H groups in total. The Morgan fingerprint density at radius 1 is 0.885 bits per heavy atom. The summed E-state index contributed by atoms with van der Waals surface area (Å²) in [6.07, 6.45) is -5.21. The minimum atomic E-state index is -4.37. The average molecular weight is 368 g/mol. The van der Waals surface area contributed by atoms with Crippen LogP contribution in [0.3, 0.4) is 0 Å². The number of rotatable bonds is 4. The monoisotopic (exact) mass is 368 g/mol. The van der Waals surface area contributed by atoms with Crippen LogP contribution in [-0.2, 0) is 6.18 Å². The number of nitrogens with zero attached hydrogens (tertiary/aromatic N) is 2. The number of anilines is 1. The molecule has 3 nitrogen and oxygen atoms in total. The van der Waals surface area contributed by atoms with Gasteiger partial charge in [-0.3, -0.25) is 4.90 Å². The molecule has 2 aromatic rings. The number of β-amino-alcohol motifs (C(OH)–C–C–N with tert-alkyl or cyclic N) is 1. The van der Waals surface area contributed by atoms with Gasteiger partial charge in [0.25, 0.3) is 0 Å². The van der Waals surface area contributed by atoms with Gasteiger partial charge in [-0.1, -0.05) is 12.1 Å². The summed E-state index contributed by atoms with van der Waals surface area (Å²) >= 11 is 0. The van der Waals surface area contributed by atoms with Crippen LogP contribution in [0.4, 0.5) is 23.2 Å². The number of piperazine rings is 1.